The van der Waals surface area contributed by atoms with E-state index in [1.54, 1.807) is 0 Å². The molecule has 0 nitrogen and oxygen atoms in total. The van der Waals surface area contributed by atoms with Crippen molar-refractivity contribution >= 4 is 53.1 Å². The van der Waals surface area contributed by atoms with Gasteiger partial charge in [-0.1, -0.05) is 152 Å². The van der Waals surface area contributed by atoms with Gasteiger partial charge in [0.1, 0.15) is 0 Å². The summed E-state index contributed by atoms with van der Waals surface area (Å²) in [5, 5.41) is 7.93. The summed E-state index contributed by atoms with van der Waals surface area (Å²) in [5.41, 5.74) is 13.1. The van der Waals surface area contributed by atoms with E-state index in [9.17, 15) is 0 Å². The first-order valence-corrected chi connectivity index (χ1v) is 16.3. The number of benzene rings is 8. The highest BCUT2D eigenvalue weighted by Crippen LogP contribution is 2.58. The third kappa shape index (κ3) is 3.47. The number of hydrogen-bond acceptors (Lipinski definition) is 1. The number of hydrogen-bond donors (Lipinski definition) is 0. The van der Waals surface area contributed by atoms with Crippen molar-refractivity contribution in [2.75, 3.05) is 0 Å². The van der Waals surface area contributed by atoms with Gasteiger partial charge in [0.2, 0.25) is 0 Å². The van der Waals surface area contributed by atoms with Crippen LogP contribution in [0.25, 0.3) is 97.4 Å². The molecule has 0 atom stereocenters. The van der Waals surface area contributed by atoms with Gasteiger partial charge in [0.25, 0.3) is 0 Å². The molecule has 1 aromatic heterocycles. The second-order valence-corrected chi connectivity index (χ2v) is 13.0. The maximum Gasteiger partial charge on any atom is 0.0434 e. The largest absolute Gasteiger partial charge is 0.135 e. The third-order valence-electron chi connectivity index (χ3n) is 9.61. The minimum Gasteiger partial charge on any atom is -0.135 e. The van der Waals surface area contributed by atoms with Crippen molar-refractivity contribution < 1.29 is 0 Å². The van der Waals surface area contributed by atoms with Crippen LogP contribution in [0.15, 0.2) is 158 Å². The molecule has 0 N–H and O–H groups in total. The van der Waals surface area contributed by atoms with Crippen LogP contribution in [-0.2, 0) is 0 Å². The van der Waals surface area contributed by atoms with Gasteiger partial charge in [0, 0.05) is 25.7 Å². The number of thiophene rings is 1. The lowest BCUT2D eigenvalue weighted by atomic mass is 9.82. The molecule has 0 amide bonds. The lowest BCUT2D eigenvalue weighted by molar-refractivity contribution is 1.62. The first kappa shape index (κ1) is 24.9. The monoisotopic (exact) mass is 586 g/mol. The van der Waals surface area contributed by atoms with Crippen LogP contribution in [0.2, 0.25) is 0 Å². The maximum absolute atomic E-state index is 2.40. The molecule has 9 aromatic rings. The Morgan fingerprint density at radius 2 is 0.778 bits per heavy atom. The van der Waals surface area contributed by atoms with Crippen molar-refractivity contribution in [1.29, 1.82) is 0 Å². The zero-order valence-corrected chi connectivity index (χ0v) is 25.2. The minimum absolute atomic E-state index is 1.25. The molecule has 1 aliphatic rings. The second kappa shape index (κ2) is 9.50. The van der Waals surface area contributed by atoms with E-state index in [0.717, 1.165) is 0 Å². The fraction of sp³-hybridized carbons (Fsp3) is 0. The maximum atomic E-state index is 2.40. The Morgan fingerprint density at radius 1 is 0.289 bits per heavy atom. The fourth-order valence-electron chi connectivity index (χ4n) is 7.80. The summed E-state index contributed by atoms with van der Waals surface area (Å²) in [6.45, 7) is 0. The fourth-order valence-corrected chi connectivity index (χ4v) is 9.03. The smallest absolute Gasteiger partial charge is 0.0434 e. The van der Waals surface area contributed by atoms with Gasteiger partial charge in [-0.2, -0.15) is 0 Å². The van der Waals surface area contributed by atoms with Crippen molar-refractivity contribution in [2.45, 2.75) is 0 Å². The molecular formula is C44H26S. The molecule has 0 bridgehead atoms. The molecule has 0 aliphatic heterocycles. The molecule has 0 unspecified atom stereocenters. The molecule has 208 valence electrons. The molecule has 1 aliphatic carbocycles. The highest BCUT2D eigenvalue weighted by molar-refractivity contribution is 7.26. The first-order chi connectivity index (χ1) is 22.4. The number of fused-ring (bicyclic) bond motifs is 7. The molecule has 0 radical (unpaired) electrons. The quantitative estimate of drug-likeness (QED) is 0.193. The molecule has 1 heterocycles. The molecule has 0 spiro atoms. The SMILES string of the molecule is c1ccc(-c2c3c(c(-c4ccccc4)c4ccccc24)-c2ccc(-c4cccc5c4sc4ccccc45)c4cccc-3c24)cc1. The highest BCUT2D eigenvalue weighted by atomic mass is 32.1. The van der Waals surface area contributed by atoms with Crippen LogP contribution in [0.1, 0.15) is 0 Å². The summed E-state index contributed by atoms with van der Waals surface area (Å²) in [7, 11) is 0. The van der Waals surface area contributed by atoms with E-state index in [1.165, 1.54) is 97.4 Å². The Labute approximate surface area is 265 Å². The lowest BCUT2D eigenvalue weighted by Crippen LogP contribution is -1.93. The van der Waals surface area contributed by atoms with Crippen LogP contribution in [-0.4, -0.2) is 0 Å². The normalized spacial score (nSPS) is 12.0. The zero-order chi connectivity index (χ0) is 29.5. The Morgan fingerprint density at radius 3 is 1.44 bits per heavy atom. The van der Waals surface area contributed by atoms with Crippen molar-refractivity contribution in [3.63, 3.8) is 0 Å². The van der Waals surface area contributed by atoms with Gasteiger partial charge in [0.15, 0.2) is 0 Å². The molecule has 0 saturated carbocycles. The molecule has 45 heavy (non-hydrogen) atoms. The highest BCUT2D eigenvalue weighted by Gasteiger charge is 2.31. The predicted octanol–water partition coefficient (Wildman–Crippen LogP) is 13.0. The van der Waals surface area contributed by atoms with Crippen LogP contribution < -0.4 is 0 Å². The molecule has 1 heteroatoms. The molecule has 10 rings (SSSR count). The van der Waals surface area contributed by atoms with Crippen LogP contribution >= 0.6 is 11.3 Å². The van der Waals surface area contributed by atoms with Gasteiger partial charge in [0.05, 0.1) is 0 Å². The van der Waals surface area contributed by atoms with E-state index >= 15 is 0 Å². The van der Waals surface area contributed by atoms with E-state index < -0.39 is 0 Å². The van der Waals surface area contributed by atoms with E-state index in [0.29, 0.717) is 0 Å². The average molecular weight is 587 g/mol. The van der Waals surface area contributed by atoms with Crippen LogP contribution in [0.5, 0.6) is 0 Å². The zero-order valence-electron chi connectivity index (χ0n) is 24.4. The predicted molar refractivity (Wildman–Crippen MR) is 195 cm³/mol. The van der Waals surface area contributed by atoms with Gasteiger partial charge < -0.3 is 0 Å². The van der Waals surface area contributed by atoms with E-state index in [2.05, 4.69) is 158 Å². The summed E-state index contributed by atoms with van der Waals surface area (Å²) >= 11 is 1.90. The van der Waals surface area contributed by atoms with E-state index in [-0.39, 0.29) is 0 Å². The Balaban J connectivity index is 1.36. The Bertz CT molecular complexity index is 2530. The molecular weight excluding hydrogens is 561 g/mol. The standard InChI is InChI=1S/C44H26S/c1-3-13-27(14-4-1)39-32-18-7-8-19-33(32)40(28-15-5-2-6-16-28)43-37-26-25-29(31-20-11-23-36(41(31)37)42(39)43)34-21-12-22-35-30-17-9-10-24-38(30)45-44(34)35/h1-26H. The van der Waals surface area contributed by atoms with Crippen molar-refractivity contribution in [2.24, 2.45) is 0 Å². The summed E-state index contributed by atoms with van der Waals surface area (Å²) < 4.78 is 2.69. The summed E-state index contributed by atoms with van der Waals surface area (Å²) in [4.78, 5) is 0. The van der Waals surface area contributed by atoms with Crippen molar-refractivity contribution in [3.05, 3.63) is 158 Å². The Hall–Kier alpha value is -5.50. The van der Waals surface area contributed by atoms with Gasteiger partial charge >= 0.3 is 0 Å². The summed E-state index contributed by atoms with van der Waals surface area (Å²) in [6, 6.07) is 58.2. The van der Waals surface area contributed by atoms with Gasteiger partial charge in [-0.25, -0.2) is 0 Å². The molecule has 0 saturated heterocycles. The van der Waals surface area contributed by atoms with Crippen molar-refractivity contribution in [1.82, 2.24) is 0 Å². The third-order valence-corrected chi connectivity index (χ3v) is 10.8. The van der Waals surface area contributed by atoms with Crippen LogP contribution in [0.3, 0.4) is 0 Å². The van der Waals surface area contributed by atoms with E-state index in [4.69, 9.17) is 0 Å². The second-order valence-electron chi connectivity index (χ2n) is 11.9. The first-order valence-electron chi connectivity index (χ1n) is 15.5. The van der Waals surface area contributed by atoms with E-state index in [1.807, 2.05) is 11.3 Å². The van der Waals surface area contributed by atoms with Gasteiger partial charge in [-0.3, -0.25) is 0 Å². The summed E-state index contributed by atoms with van der Waals surface area (Å²) in [6.07, 6.45) is 0. The Kier molecular flexibility index (Phi) is 5.25. The van der Waals surface area contributed by atoms with Crippen LogP contribution in [0, 0.1) is 0 Å². The topological polar surface area (TPSA) is 0 Å². The minimum atomic E-state index is 1.25. The van der Waals surface area contributed by atoms with Gasteiger partial charge in [-0.15, -0.1) is 11.3 Å². The van der Waals surface area contributed by atoms with Crippen LogP contribution in [0.4, 0.5) is 0 Å². The van der Waals surface area contributed by atoms with Gasteiger partial charge in [-0.05, 0) is 77.7 Å². The van der Waals surface area contributed by atoms with Crippen molar-refractivity contribution in [3.8, 4) is 55.6 Å². The lowest BCUT2D eigenvalue weighted by Gasteiger charge is -2.20. The molecule has 0 fully saturated rings. The average Bonchev–Trinajstić information content (AvgIpc) is 3.65. The summed E-state index contributed by atoms with van der Waals surface area (Å²) in [5.74, 6) is 0. The molecule has 8 aromatic carbocycles. The number of rotatable bonds is 3.